The number of fused-ring (bicyclic) bond motifs is 2. The Hall–Kier alpha value is -0.190. The van der Waals surface area contributed by atoms with E-state index in [1.165, 1.54) is 0 Å². The third kappa shape index (κ3) is 1.20. The van der Waals surface area contributed by atoms with E-state index in [9.17, 15) is 4.79 Å². The van der Waals surface area contributed by atoms with Crippen LogP contribution in [0.2, 0.25) is 0 Å². The zero-order valence-electron chi connectivity index (χ0n) is 7.33. The van der Waals surface area contributed by atoms with E-state index in [1.54, 1.807) is 7.11 Å². The fraction of sp³-hybridized carbons (Fsp3) is 0.667. The summed E-state index contributed by atoms with van der Waals surface area (Å²) in [5.74, 6) is 0.123. The lowest BCUT2D eigenvalue weighted by Crippen LogP contribution is -2.56. The van der Waals surface area contributed by atoms with Gasteiger partial charge in [-0.2, -0.15) is 0 Å². The number of carbonyl (C=O) groups excluding carboxylic acids is 1. The highest BCUT2D eigenvalue weighted by molar-refractivity contribution is 9.09. The molecule has 1 fully saturated rings. The second kappa shape index (κ2) is 3.19. The molecule has 0 aliphatic carbocycles. The lowest BCUT2D eigenvalue weighted by Gasteiger charge is -2.38. The van der Waals surface area contributed by atoms with Gasteiger partial charge in [0.15, 0.2) is 11.4 Å². The van der Waals surface area contributed by atoms with Crippen LogP contribution in [-0.2, 0) is 14.3 Å². The van der Waals surface area contributed by atoms with E-state index >= 15 is 0 Å². The van der Waals surface area contributed by atoms with Gasteiger partial charge >= 0.3 is 0 Å². The summed E-state index contributed by atoms with van der Waals surface area (Å²) in [6, 6.07) is 0. The van der Waals surface area contributed by atoms with Crippen molar-refractivity contribution >= 4 is 21.7 Å². The summed E-state index contributed by atoms with van der Waals surface area (Å²) in [5.41, 5.74) is -0.802. The van der Waals surface area contributed by atoms with E-state index in [1.807, 2.05) is 12.2 Å². The molecule has 72 valence electrons. The fourth-order valence-corrected chi connectivity index (χ4v) is 2.70. The molecule has 0 unspecified atom stereocenters. The average Bonchev–Trinajstić information content (AvgIpc) is 2.53. The van der Waals surface area contributed by atoms with E-state index in [0.717, 1.165) is 0 Å². The van der Waals surface area contributed by atoms with Crippen molar-refractivity contribution in [3.63, 3.8) is 0 Å². The first-order valence-corrected chi connectivity index (χ1v) is 5.33. The maximum Gasteiger partial charge on any atom is 0.171 e. The number of ketones is 1. The Balaban J connectivity index is 2.33. The number of methoxy groups -OCH3 is 1. The molecule has 2 heterocycles. The van der Waals surface area contributed by atoms with Crippen molar-refractivity contribution < 1.29 is 14.3 Å². The molecule has 3 nitrogen and oxygen atoms in total. The maximum absolute atomic E-state index is 11.8. The normalized spacial score (nSPS) is 42.8. The third-order valence-electron chi connectivity index (χ3n) is 2.70. The molecule has 0 spiro atoms. The van der Waals surface area contributed by atoms with E-state index in [2.05, 4.69) is 15.9 Å². The van der Waals surface area contributed by atoms with Crippen molar-refractivity contribution in [2.24, 2.45) is 0 Å². The molecule has 0 N–H and O–H groups in total. The van der Waals surface area contributed by atoms with E-state index in [-0.39, 0.29) is 18.0 Å². The molecule has 2 rings (SSSR count). The second-order valence-corrected chi connectivity index (χ2v) is 3.90. The van der Waals surface area contributed by atoms with Crippen molar-refractivity contribution in [1.82, 2.24) is 0 Å². The number of halogens is 1. The minimum Gasteiger partial charge on any atom is -0.366 e. The van der Waals surface area contributed by atoms with Gasteiger partial charge < -0.3 is 9.47 Å². The molecule has 0 radical (unpaired) electrons. The monoisotopic (exact) mass is 246 g/mol. The van der Waals surface area contributed by atoms with Gasteiger partial charge in [0.05, 0.1) is 6.10 Å². The first-order valence-electron chi connectivity index (χ1n) is 4.21. The summed E-state index contributed by atoms with van der Waals surface area (Å²) in [4.78, 5) is 11.8. The molecule has 0 aromatic rings. The number of ether oxygens (including phenoxy) is 2. The van der Waals surface area contributed by atoms with Gasteiger partial charge in [-0.25, -0.2) is 0 Å². The van der Waals surface area contributed by atoms with Crippen LogP contribution in [0.4, 0.5) is 0 Å². The number of hydrogen-bond donors (Lipinski definition) is 0. The number of Topliss-reactive ketones (excluding diaryl/α,β-unsaturated/α-hetero) is 1. The van der Waals surface area contributed by atoms with E-state index in [0.29, 0.717) is 11.8 Å². The van der Waals surface area contributed by atoms with Crippen LogP contribution in [0, 0.1) is 0 Å². The Morgan fingerprint density at radius 2 is 2.54 bits per heavy atom. The predicted octanol–water partition coefficient (Wildman–Crippen LogP) is 1.06. The number of alkyl halides is 1. The quantitative estimate of drug-likeness (QED) is 0.540. The molecule has 1 saturated heterocycles. The van der Waals surface area contributed by atoms with Crippen LogP contribution in [-0.4, -0.2) is 36.0 Å². The molecular weight excluding hydrogens is 236 g/mol. The average molecular weight is 247 g/mol. The Bertz CT molecular complexity index is 258. The summed E-state index contributed by atoms with van der Waals surface area (Å²) >= 11 is 3.31. The standard InChI is InChI=1S/C9H11BrO3/c1-12-9(5-10)7(11)4-6-2-3-8(9)13-6/h2-3,6,8H,4-5H2,1H3/t6-,8+,9+/m1/s1. The lowest BCUT2D eigenvalue weighted by atomic mass is 9.90. The summed E-state index contributed by atoms with van der Waals surface area (Å²) in [6.45, 7) is 0. The Morgan fingerprint density at radius 3 is 3.15 bits per heavy atom. The largest absolute Gasteiger partial charge is 0.366 e. The summed E-state index contributed by atoms with van der Waals surface area (Å²) in [6.07, 6.45) is 4.03. The smallest absolute Gasteiger partial charge is 0.171 e. The van der Waals surface area contributed by atoms with Gasteiger partial charge in [-0.15, -0.1) is 0 Å². The van der Waals surface area contributed by atoms with Gasteiger partial charge in [0, 0.05) is 18.9 Å². The van der Waals surface area contributed by atoms with E-state index < -0.39 is 5.60 Å². The predicted molar refractivity (Wildman–Crippen MR) is 51.0 cm³/mol. The lowest BCUT2D eigenvalue weighted by molar-refractivity contribution is -0.168. The summed E-state index contributed by atoms with van der Waals surface area (Å²) < 4.78 is 10.9. The molecule has 0 amide bonds. The van der Waals surface area contributed by atoms with Gasteiger partial charge in [-0.3, -0.25) is 4.79 Å². The number of hydrogen-bond acceptors (Lipinski definition) is 3. The first kappa shape index (κ1) is 9.37. The minimum atomic E-state index is -0.802. The second-order valence-electron chi connectivity index (χ2n) is 3.33. The Morgan fingerprint density at radius 1 is 1.77 bits per heavy atom. The van der Waals surface area contributed by atoms with Crippen molar-refractivity contribution in [1.29, 1.82) is 0 Å². The first-order chi connectivity index (χ1) is 6.23. The number of rotatable bonds is 2. The third-order valence-corrected chi connectivity index (χ3v) is 3.54. The number of carbonyl (C=O) groups is 1. The molecule has 0 aromatic carbocycles. The molecule has 0 saturated carbocycles. The molecule has 0 aromatic heterocycles. The zero-order valence-corrected chi connectivity index (χ0v) is 8.91. The highest BCUT2D eigenvalue weighted by Crippen LogP contribution is 2.35. The van der Waals surface area contributed by atoms with Crippen LogP contribution >= 0.6 is 15.9 Å². The molecule has 2 aliphatic heterocycles. The van der Waals surface area contributed by atoms with E-state index in [4.69, 9.17) is 9.47 Å². The van der Waals surface area contributed by atoms with Gasteiger partial charge in [-0.05, 0) is 0 Å². The van der Waals surface area contributed by atoms with Crippen molar-refractivity contribution in [3.05, 3.63) is 12.2 Å². The van der Waals surface area contributed by atoms with Crippen LogP contribution in [0.5, 0.6) is 0 Å². The molecular formula is C9H11BrO3. The molecule has 3 atom stereocenters. The molecule has 4 heteroatoms. The van der Waals surface area contributed by atoms with Crippen molar-refractivity contribution in [2.75, 3.05) is 12.4 Å². The maximum atomic E-state index is 11.8. The van der Waals surface area contributed by atoms with Crippen molar-refractivity contribution in [3.8, 4) is 0 Å². The molecule has 13 heavy (non-hydrogen) atoms. The molecule has 2 aliphatic rings. The fourth-order valence-electron chi connectivity index (χ4n) is 1.83. The topological polar surface area (TPSA) is 35.5 Å². The van der Waals surface area contributed by atoms with Crippen LogP contribution in [0.25, 0.3) is 0 Å². The summed E-state index contributed by atoms with van der Waals surface area (Å²) in [7, 11) is 1.55. The molecule has 2 bridgehead atoms. The Labute approximate surface area is 85.2 Å². The van der Waals surface area contributed by atoms with Crippen LogP contribution < -0.4 is 0 Å². The zero-order chi connectivity index (χ0) is 9.47. The van der Waals surface area contributed by atoms with Gasteiger partial charge in [0.1, 0.15) is 6.10 Å². The Kier molecular flexibility index (Phi) is 2.30. The SMILES string of the molecule is CO[C@@]1(CBr)C(=O)C[C@H]2C=C[C@@H]1O2. The minimum absolute atomic E-state index is 0.0279. The highest BCUT2D eigenvalue weighted by atomic mass is 79.9. The van der Waals surface area contributed by atoms with Crippen LogP contribution in [0.1, 0.15) is 6.42 Å². The van der Waals surface area contributed by atoms with Gasteiger partial charge in [0.25, 0.3) is 0 Å². The van der Waals surface area contributed by atoms with Gasteiger partial charge in [0.2, 0.25) is 0 Å². The highest BCUT2D eigenvalue weighted by Gasteiger charge is 2.51. The van der Waals surface area contributed by atoms with Gasteiger partial charge in [-0.1, -0.05) is 28.1 Å². The van der Waals surface area contributed by atoms with Crippen molar-refractivity contribution in [2.45, 2.75) is 24.2 Å². The van der Waals surface area contributed by atoms with Crippen LogP contribution in [0.3, 0.4) is 0 Å². The van der Waals surface area contributed by atoms with Crippen LogP contribution in [0.15, 0.2) is 12.2 Å². The summed E-state index contributed by atoms with van der Waals surface area (Å²) in [5, 5.41) is 0.483.